The number of rotatable bonds is 2. The lowest BCUT2D eigenvalue weighted by molar-refractivity contribution is 0.262. The first-order chi connectivity index (χ1) is 5.65. The Morgan fingerprint density at radius 3 is 2.92 bits per heavy atom. The zero-order chi connectivity index (χ0) is 9.14. The van der Waals surface area contributed by atoms with Crippen LogP contribution in [0.15, 0.2) is 16.7 Å². The average molecular weight is 235 g/mol. The van der Waals surface area contributed by atoms with Crippen molar-refractivity contribution in [2.45, 2.75) is 6.04 Å². The molecule has 0 saturated heterocycles. The Morgan fingerprint density at radius 2 is 2.42 bits per heavy atom. The van der Waals surface area contributed by atoms with Gasteiger partial charge in [-0.1, -0.05) is 0 Å². The molecule has 12 heavy (non-hydrogen) atoms. The van der Waals surface area contributed by atoms with Crippen molar-refractivity contribution in [2.75, 3.05) is 6.61 Å². The van der Waals surface area contributed by atoms with Gasteiger partial charge in [-0.15, -0.1) is 0 Å². The minimum absolute atomic E-state index is 0.0840. The Hall–Kier alpha value is -0.520. The minimum Gasteiger partial charge on any atom is -0.394 e. The van der Waals surface area contributed by atoms with Crippen LogP contribution >= 0.6 is 15.9 Å². The third-order valence-electron chi connectivity index (χ3n) is 1.38. The van der Waals surface area contributed by atoms with E-state index in [1.165, 1.54) is 12.3 Å². The van der Waals surface area contributed by atoms with E-state index in [9.17, 15) is 4.39 Å². The van der Waals surface area contributed by atoms with Gasteiger partial charge in [-0.3, -0.25) is 4.98 Å². The van der Waals surface area contributed by atoms with E-state index in [2.05, 4.69) is 20.9 Å². The van der Waals surface area contributed by atoms with Crippen LogP contribution in [-0.2, 0) is 0 Å². The number of aliphatic hydroxyl groups excluding tert-OH is 1. The number of pyridine rings is 1. The standard InChI is InChI=1S/C7H8BrFN2O/c8-4-1-5(9)7(11-2-4)6(10)3-12/h1-2,6,12H,3,10H2/t6-/m1/s1. The van der Waals surface area contributed by atoms with Crippen LogP contribution in [0.4, 0.5) is 4.39 Å². The number of nitrogens with two attached hydrogens (primary N) is 1. The fourth-order valence-corrected chi connectivity index (χ4v) is 1.09. The molecule has 0 aliphatic heterocycles. The van der Waals surface area contributed by atoms with Crippen molar-refractivity contribution >= 4 is 15.9 Å². The normalized spacial score (nSPS) is 13.0. The van der Waals surface area contributed by atoms with Crippen LogP contribution in [0, 0.1) is 5.82 Å². The quantitative estimate of drug-likeness (QED) is 0.803. The van der Waals surface area contributed by atoms with E-state index in [-0.39, 0.29) is 12.3 Å². The fourth-order valence-electron chi connectivity index (χ4n) is 0.784. The molecule has 0 amide bonds. The molecule has 5 heteroatoms. The first-order valence-electron chi connectivity index (χ1n) is 3.32. The van der Waals surface area contributed by atoms with Crippen molar-refractivity contribution in [3.8, 4) is 0 Å². The van der Waals surface area contributed by atoms with Crippen LogP contribution in [0.1, 0.15) is 11.7 Å². The summed E-state index contributed by atoms with van der Waals surface area (Å²) in [4.78, 5) is 3.74. The molecule has 0 bridgehead atoms. The van der Waals surface area contributed by atoms with Crippen LogP contribution in [0.3, 0.4) is 0 Å². The van der Waals surface area contributed by atoms with E-state index in [1.807, 2.05) is 0 Å². The monoisotopic (exact) mass is 234 g/mol. The summed E-state index contributed by atoms with van der Waals surface area (Å²) in [7, 11) is 0. The van der Waals surface area contributed by atoms with Gasteiger partial charge < -0.3 is 10.8 Å². The third-order valence-corrected chi connectivity index (χ3v) is 1.82. The lowest BCUT2D eigenvalue weighted by atomic mass is 10.2. The number of halogens is 2. The van der Waals surface area contributed by atoms with Crippen molar-refractivity contribution < 1.29 is 9.50 Å². The van der Waals surface area contributed by atoms with Gasteiger partial charge in [0.15, 0.2) is 0 Å². The van der Waals surface area contributed by atoms with Crippen molar-refractivity contribution in [3.05, 3.63) is 28.2 Å². The van der Waals surface area contributed by atoms with Gasteiger partial charge in [0, 0.05) is 10.7 Å². The smallest absolute Gasteiger partial charge is 0.147 e. The van der Waals surface area contributed by atoms with Crippen LogP contribution in [-0.4, -0.2) is 16.7 Å². The Bertz CT molecular complexity index is 282. The molecular weight excluding hydrogens is 227 g/mol. The number of aliphatic hydroxyl groups is 1. The highest BCUT2D eigenvalue weighted by Gasteiger charge is 2.11. The summed E-state index contributed by atoms with van der Waals surface area (Å²) in [5.74, 6) is -0.508. The third kappa shape index (κ3) is 2.00. The molecule has 0 radical (unpaired) electrons. The molecule has 0 spiro atoms. The second-order valence-electron chi connectivity index (χ2n) is 2.31. The molecular formula is C7H8BrFN2O. The van der Waals surface area contributed by atoms with Gasteiger partial charge in [0.25, 0.3) is 0 Å². The number of aromatic nitrogens is 1. The molecule has 1 rings (SSSR count). The predicted octanol–water partition coefficient (Wildman–Crippen LogP) is 0.975. The van der Waals surface area contributed by atoms with Crippen molar-refractivity contribution in [1.82, 2.24) is 4.98 Å². The maximum absolute atomic E-state index is 13.0. The summed E-state index contributed by atoms with van der Waals surface area (Å²) in [5.41, 5.74) is 5.46. The topological polar surface area (TPSA) is 59.1 Å². The highest BCUT2D eigenvalue weighted by molar-refractivity contribution is 9.10. The first-order valence-corrected chi connectivity index (χ1v) is 4.12. The van der Waals surface area contributed by atoms with E-state index in [0.717, 1.165) is 0 Å². The molecule has 0 aliphatic rings. The Morgan fingerprint density at radius 1 is 1.75 bits per heavy atom. The Kier molecular flexibility index (Phi) is 3.13. The van der Waals surface area contributed by atoms with Gasteiger partial charge in [-0.25, -0.2) is 4.39 Å². The van der Waals surface area contributed by atoms with Gasteiger partial charge in [-0.05, 0) is 22.0 Å². The van der Waals surface area contributed by atoms with Gasteiger partial charge in [0.2, 0.25) is 0 Å². The predicted molar refractivity (Wildman–Crippen MR) is 45.9 cm³/mol. The molecule has 3 nitrogen and oxygen atoms in total. The van der Waals surface area contributed by atoms with Gasteiger partial charge in [0.05, 0.1) is 18.3 Å². The van der Waals surface area contributed by atoms with E-state index in [0.29, 0.717) is 4.47 Å². The van der Waals surface area contributed by atoms with Gasteiger partial charge in [0.1, 0.15) is 5.82 Å². The van der Waals surface area contributed by atoms with E-state index < -0.39 is 11.9 Å². The zero-order valence-electron chi connectivity index (χ0n) is 6.17. The lowest BCUT2D eigenvalue weighted by Crippen LogP contribution is -2.17. The molecule has 3 N–H and O–H groups in total. The molecule has 1 atom stereocenters. The minimum atomic E-state index is -0.752. The van der Waals surface area contributed by atoms with E-state index >= 15 is 0 Å². The molecule has 0 unspecified atom stereocenters. The second kappa shape index (κ2) is 3.93. The first kappa shape index (κ1) is 9.57. The Labute approximate surface area is 77.5 Å². The highest BCUT2D eigenvalue weighted by Crippen LogP contribution is 2.16. The molecule has 1 heterocycles. The van der Waals surface area contributed by atoms with Gasteiger partial charge in [-0.2, -0.15) is 0 Å². The number of nitrogens with zero attached hydrogens (tertiary/aromatic N) is 1. The maximum atomic E-state index is 13.0. The average Bonchev–Trinajstić information content (AvgIpc) is 2.03. The molecule has 0 saturated carbocycles. The summed E-state index contributed by atoms with van der Waals surface area (Å²) in [6, 6.07) is 0.510. The largest absolute Gasteiger partial charge is 0.394 e. The molecule has 1 aromatic heterocycles. The SMILES string of the molecule is N[C@H](CO)c1ncc(Br)cc1F. The molecule has 66 valence electrons. The number of hydrogen-bond acceptors (Lipinski definition) is 3. The molecule has 0 aromatic carbocycles. The van der Waals surface area contributed by atoms with Crippen LogP contribution in [0.25, 0.3) is 0 Å². The zero-order valence-corrected chi connectivity index (χ0v) is 7.75. The summed E-state index contributed by atoms with van der Waals surface area (Å²) in [5, 5.41) is 8.64. The molecule has 0 aliphatic carbocycles. The molecule has 1 aromatic rings. The van der Waals surface area contributed by atoms with Crippen molar-refractivity contribution in [1.29, 1.82) is 0 Å². The number of hydrogen-bond donors (Lipinski definition) is 2. The Balaban J connectivity index is 3.01. The summed E-state index contributed by atoms with van der Waals surface area (Å²) in [6.07, 6.45) is 1.44. The van der Waals surface area contributed by atoms with Gasteiger partial charge >= 0.3 is 0 Å². The highest BCUT2D eigenvalue weighted by atomic mass is 79.9. The maximum Gasteiger partial charge on any atom is 0.147 e. The lowest BCUT2D eigenvalue weighted by Gasteiger charge is -2.07. The fraction of sp³-hybridized carbons (Fsp3) is 0.286. The summed E-state index contributed by atoms with van der Waals surface area (Å²) in [6.45, 7) is -0.314. The van der Waals surface area contributed by atoms with Crippen LogP contribution in [0.2, 0.25) is 0 Å². The van der Waals surface area contributed by atoms with Crippen molar-refractivity contribution in [3.63, 3.8) is 0 Å². The summed E-state index contributed by atoms with van der Waals surface area (Å²) >= 11 is 3.06. The molecule has 0 fully saturated rings. The van der Waals surface area contributed by atoms with Crippen molar-refractivity contribution in [2.24, 2.45) is 5.73 Å². The summed E-state index contributed by atoms with van der Waals surface area (Å²) < 4.78 is 13.6. The second-order valence-corrected chi connectivity index (χ2v) is 3.23. The van der Waals surface area contributed by atoms with Crippen LogP contribution in [0.5, 0.6) is 0 Å². The van der Waals surface area contributed by atoms with Crippen LogP contribution < -0.4 is 5.73 Å². The van der Waals surface area contributed by atoms with E-state index in [4.69, 9.17) is 10.8 Å². The van der Waals surface area contributed by atoms with E-state index in [1.54, 1.807) is 0 Å².